The Morgan fingerprint density at radius 2 is 2.38 bits per heavy atom. The van der Waals surface area contributed by atoms with Crippen LogP contribution in [0.5, 0.6) is 0 Å². The van der Waals surface area contributed by atoms with Crippen molar-refractivity contribution >= 4 is 15.9 Å². The zero-order chi connectivity index (χ0) is 9.68. The summed E-state index contributed by atoms with van der Waals surface area (Å²) in [5.74, 6) is 5.78. The molecule has 1 aliphatic rings. The highest BCUT2D eigenvalue weighted by atomic mass is 79.9. The van der Waals surface area contributed by atoms with Crippen molar-refractivity contribution in [1.82, 2.24) is 5.01 Å². The summed E-state index contributed by atoms with van der Waals surface area (Å²) in [6.07, 6.45) is 6.80. The fourth-order valence-electron chi connectivity index (χ4n) is 1.24. The number of ether oxygens (including phenoxy) is 1. The molecule has 0 aromatic heterocycles. The monoisotopic (exact) mass is 246 g/mol. The first kappa shape index (κ1) is 10.8. The molecule has 1 heterocycles. The first-order chi connectivity index (χ1) is 6.24. The molecule has 1 saturated heterocycles. The standard InChI is InChI=1S/C9H15BrN2O/c1-2-8(10)7-12(11)9-5-3-4-6-13-9/h2,7,9H,1,3-6,11H2/b8-7+. The number of halogens is 1. The number of hydrogen-bond acceptors (Lipinski definition) is 3. The average Bonchev–Trinajstić information content (AvgIpc) is 2.19. The third kappa shape index (κ3) is 3.50. The number of nitrogens with zero attached hydrogens (tertiary/aromatic N) is 1. The number of hydrogen-bond donors (Lipinski definition) is 1. The van der Waals surface area contributed by atoms with Gasteiger partial charge in [0.2, 0.25) is 0 Å². The highest BCUT2D eigenvalue weighted by molar-refractivity contribution is 9.11. The van der Waals surface area contributed by atoms with Crippen LogP contribution in [0.25, 0.3) is 0 Å². The van der Waals surface area contributed by atoms with E-state index in [2.05, 4.69) is 22.5 Å². The number of rotatable bonds is 3. The van der Waals surface area contributed by atoms with Gasteiger partial charge in [-0.2, -0.15) is 0 Å². The third-order valence-corrected chi connectivity index (χ3v) is 2.48. The number of allylic oxidation sites excluding steroid dienone is 2. The molecule has 0 radical (unpaired) electrons. The van der Waals surface area contributed by atoms with Crippen LogP contribution >= 0.6 is 15.9 Å². The minimum Gasteiger partial charge on any atom is -0.357 e. The molecule has 1 aliphatic heterocycles. The van der Waals surface area contributed by atoms with Crippen LogP contribution in [-0.4, -0.2) is 17.8 Å². The lowest BCUT2D eigenvalue weighted by molar-refractivity contribution is -0.0663. The Kier molecular flexibility index (Phi) is 4.48. The van der Waals surface area contributed by atoms with E-state index in [0.717, 1.165) is 23.9 Å². The summed E-state index contributed by atoms with van der Waals surface area (Å²) in [6.45, 7) is 4.42. The van der Waals surface area contributed by atoms with Crippen LogP contribution in [0, 0.1) is 0 Å². The third-order valence-electron chi connectivity index (χ3n) is 1.96. The smallest absolute Gasteiger partial charge is 0.143 e. The molecule has 0 spiro atoms. The largest absolute Gasteiger partial charge is 0.357 e. The summed E-state index contributed by atoms with van der Waals surface area (Å²) in [7, 11) is 0. The first-order valence-corrected chi connectivity index (χ1v) is 5.17. The molecule has 0 saturated carbocycles. The maximum Gasteiger partial charge on any atom is 0.143 e. The summed E-state index contributed by atoms with van der Waals surface area (Å²) in [4.78, 5) is 0. The Bertz CT molecular complexity index is 200. The van der Waals surface area contributed by atoms with E-state index in [-0.39, 0.29) is 6.23 Å². The van der Waals surface area contributed by atoms with Gasteiger partial charge in [0.05, 0.1) is 0 Å². The summed E-state index contributed by atoms with van der Waals surface area (Å²) in [5, 5.41) is 1.59. The minimum absolute atomic E-state index is 0.0150. The Balaban J connectivity index is 2.45. The molecular formula is C9H15BrN2O. The predicted octanol–water partition coefficient (Wildman–Crippen LogP) is 2.11. The number of nitrogens with two attached hydrogens (primary N) is 1. The second kappa shape index (κ2) is 5.42. The van der Waals surface area contributed by atoms with Crippen molar-refractivity contribution in [1.29, 1.82) is 0 Å². The van der Waals surface area contributed by atoms with Gasteiger partial charge < -0.3 is 4.74 Å². The van der Waals surface area contributed by atoms with Gasteiger partial charge in [-0.25, -0.2) is 5.84 Å². The lowest BCUT2D eigenvalue weighted by Crippen LogP contribution is -2.40. The second-order valence-corrected chi connectivity index (χ2v) is 3.90. The van der Waals surface area contributed by atoms with Gasteiger partial charge in [-0.3, -0.25) is 5.01 Å². The maximum absolute atomic E-state index is 5.78. The SMILES string of the molecule is C=C/C(Br)=C\N(N)C1CCCCO1. The summed E-state index contributed by atoms with van der Waals surface area (Å²) in [5.41, 5.74) is 0. The van der Waals surface area contributed by atoms with Crippen molar-refractivity contribution in [2.24, 2.45) is 5.84 Å². The van der Waals surface area contributed by atoms with E-state index in [1.165, 1.54) is 6.42 Å². The summed E-state index contributed by atoms with van der Waals surface area (Å²) in [6, 6.07) is 0. The van der Waals surface area contributed by atoms with Gasteiger partial charge in [0.15, 0.2) is 0 Å². The van der Waals surface area contributed by atoms with Gasteiger partial charge >= 0.3 is 0 Å². The molecule has 13 heavy (non-hydrogen) atoms. The quantitative estimate of drug-likeness (QED) is 0.471. The van der Waals surface area contributed by atoms with Crippen molar-refractivity contribution in [3.8, 4) is 0 Å². The first-order valence-electron chi connectivity index (χ1n) is 4.38. The van der Waals surface area contributed by atoms with Crippen molar-refractivity contribution in [2.75, 3.05) is 6.61 Å². The van der Waals surface area contributed by atoms with E-state index in [1.807, 2.05) is 0 Å². The van der Waals surface area contributed by atoms with E-state index in [9.17, 15) is 0 Å². The molecule has 74 valence electrons. The second-order valence-electron chi connectivity index (χ2n) is 2.99. The topological polar surface area (TPSA) is 38.5 Å². The molecule has 0 amide bonds. The van der Waals surface area contributed by atoms with Crippen LogP contribution in [0.3, 0.4) is 0 Å². The van der Waals surface area contributed by atoms with Gasteiger partial charge in [0.25, 0.3) is 0 Å². The lowest BCUT2D eigenvalue weighted by Gasteiger charge is -2.29. The van der Waals surface area contributed by atoms with Crippen LogP contribution in [0.15, 0.2) is 23.3 Å². The lowest BCUT2D eigenvalue weighted by atomic mass is 10.2. The molecule has 1 fully saturated rings. The summed E-state index contributed by atoms with van der Waals surface area (Å²) >= 11 is 3.31. The fraction of sp³-hybridized carbons (Fsp3) is 0.556. The zero-order valence-electron chi connectivity index (χ0n) is 7.58. The van der Waals surface area contributed by atoms with Crippen LogP contribution in [0.1, 0.15) is 19.3 Å². The van der Waals surface area contributed by atoms with Gasteiger partial charge in [0, 0.05) is 17.3 Å². The Labute approximate surface area is 87.3 Å². The molecule has 0 aromatic rings. The van der Waals surface area contributed by atoms with Crippen LogP contribution in [0.2, 0.25) is 0 Å². The van der Waals surface area contributed by atoms with Crippen molar-refractivity contribution in [2.45, 2.75) is 25.5 Å². The predicted molar refractivity (Wildman–Crippen MR) is 56.8 cm³/mol. The maximum atomic E-state index is 5.78. The van der Waals surface area contributed by atoms with Gasteiger partial charge in [0.1, 0.15) is 6.23 Å². The average molecular weight is 247 g/mol. The minimum atomic E-state index is 0.0150. The normalized spacial score (nSPS) is 24.2. The molecular weight excluding hydrogens is 232 g/mol. The molecule has 0 bridgehead atoms. The molecule has 0 aromatic carbocycles. The molecule has 4 heteroatoms. The van der Waals surface area contributed by atoms with Crippen molar-refractivity contribution in [3.05, 3.63) is 23.3 Å². The fourth-order valence-corrected chi connectivity index (χ4v) is 1.47. The Morgan fingerprint density at radius 3 is 2.92 bits per heavy atom. The molecule has 3 nitrogen and oxygen atoms in total. The van der Waals surface area contributed by atoms with Crippen LogP contribution < -0.4 is 5.84 Å². The van der Waals surface area contributed by atoms with Gasteiger partial charge in [-0.1, -0.05) is 12.7 Å². The molecule has 1 rings (SSSR count). The Morgan fingerprint density at radius 1 is 1.62 bits per heavy atom. The van der Waals surface area contributed by atoms with E-state index < -0.39 is 0 Å². The zero-order valence-corrected chi connectivity index (χ0v) is 9.16. The van der Waals surface area contributed by atoms with E-state index in [1.54, 1.807) is 17.3 Å². The molecule has 1 atom stereocenters. The van der Waals surface area contributed by atoms with Crippen LogP contribution in [-0.2, 0) is 4.74 Å². The van der Waals surface area contributed by atoms with E-state index >= 15 is 0 Å². The van der Waals surface area contributed by atoms with Gasteiger partial charge in [-0.05, 0) is 35.2 Å². The van der Waals surface area contributed by atoms with E-state index in [4.69, 9.17) is 10.6 Å². The molecule has 1 unspecified atom stereocenters. The number of hydrazine groups is 1. The van der Waals surface area contributed by atoms with Crippen LogP contribution in [0.4, 0.5) is 0 Å². The van der Waals surface area contributed by atoms with Gasteiger partial charge in [-0.15, -0.1) is 0 Å². The summed E-state index contributed by atoms with van der Waals surface area (Å²) < 4.78 is 6.35. The highest BCUT2D eigenvalue weighted by Gasteiger charge is 2.16. The molecule has 2 N–H and O–H groups in total. The van der Waals surface area contributed by atoms with Crippen molar-refractivity contribution < 1.29 is 4.74 Å². The highest BCUT2D eigenvalue weighted by Crippen LogP contribution is 2.16. The van der Waals surface area contributed by atoms with E-state index in [0.29, 0.717) is 0 Å². The van der Waals surface area contributed by atoms with Crippen molar-refractivity contribution in [3.63, 3.8) is 0 Å². The molecule has 0 aliphatic carbocycles. The Hall–Kier alpha value is -0.320.